The number of fused-ring (bicyclic) bond motifs is 1. The molecule has 7 nitrogen and oxygen atoms in total. The van der Waals surface area contributed by atoms with Crippen molar-refractivity contribution in [3.63, 3.8) is 0 Å². The number of carboxylic acids is 1. The molecule has 2 heterocycles. The lowest BCUT2D eigenvalue weighted by atomic mass is 10.1. The number of benzene rings is 1. The van der Waals surface area contributed by atoms with Crippen LogP contribution in [0.5, 0.6) is 5.75 Å². The highest BCUT2D eigenvalue weighted by Gasteiger charge is 2.32. The summed E-state index contributed by atoms with van der Waals surface area (Å²) < 4.78 is 46.0. The quantitative estimate of drug-likeness (QED) is 0.860. The topological polar surface area (TPSA) is 91.9 Å². The normalized spacial score (nSPS) is 18.1. The summed E-state index contributed by atoms with van der Waals surface area (Å²) in [5, 5.41) is 9.50. The Labute approximate surface area is 145 Å². The molecule has 0 spiro atoms. The van der Waals surface area contributed by atoms with Crippen molar-refractivity contribution in [2.75, 3.05) is 19.8 Å². The SMILES string of the molecule is O=C(O)CC1COCCN1C(=O)c1cc2ccc(OC(F)(F)F)cc2[nH]1. The molecule has 26 heavy (non-hydrogen) atoms. The molecule has 1 aromatic carbocycles. The fraction of sp³-hybridized carbons (Fsp3) is 0.375. The summed E-state index contributed by atoms with van der Waals surface area (Å²) in [6, 6.07) is 4.59. The molecule has 0 bridgehead atoms. The van der Waals surface area contributed by atoms with E-state index in [-0.39, 0.29) is 31.9 Å². The van der Waals surface area contributed by atoms with Crippen LogP contribution in [0.15, 0.2) is 24.3 Å². The second-order valence-corrected chi connectivity index (χ2v) is 5.81. The van der Waals surface area contributed by atoms with Crippen molar-refractivity contribution in [1.29, 1.82) is 0 Å². The Morgan fingerprint density at radius 2 is 2.12 bits per heavy atom. The molecule has 1 fully saturated rings. The second kappa shape index (κ2) is 6.87. The summed E-state index contributed by atoms with van der Waals surface area (Å²) >= 11 is 0. The number of halogens is 3. The Morgan fingerprint density at radius 1 is 1.35 bits per heavy atom. The van der Waals surface area contributed by atoms with Crippen LogP contribution in [0.4, 0.5) is 13.2 Å². The van der Waals surface area contributed by atoms with Crippen LogP contribution in [-0.4, -0.2) is 59.0 Å². The summed E-state index contributed by atoms with van der Waals surface area (Å²) in [6.45, 7) is 0.627. The number of alkyl halides is 3. The van der Waals surface area contributed by atoms with E-state index in [1.54, 1.807) is 0 Å². The predicted molar refractivity (Wildman–Crippen MR) is 82.9 cm³/mol. The first-order valence-electron chi connectivity index (χ1n) is 7.72. The van der Waals surface area contributed by atoms with Crippen LogP contribution < -0.4 is 4.74 Å². The van der Waals surface area contributed by atoms with Gasteiger partial charge in [-0.15, -0.1) is 13.2 Å². The van der Waals surface area contributed by atoms with Gasteiger partial charge in [0.1, 0.15) is 11.4 Å². The zero-order chi connectivity index (χ0) is 18.9. The van der Waals surface area contributed by atoms with E-state index in [1.807, 2.05) is 0 Å². The van der Waals surface area contributed by atoms with Crippen molar-refractivity contribution < 1.29 is 37.3 Å². The van der Waals surface area contributed by atoms with E-state index in [2.05, 4.69) is 9.72 Å². The number of nitrogens with zero attached hydrogens (tertiary/aromatic N) is 1. The van der Waals surface area contributed by atoms with Gasteiger partial charge in [-0.3, -0.25) is 9.59 Å². The largest absolute Gasteiger partial charge is 0.573 e. The van der Waals surface area contributed by atoms with Crippen molar-refractivity contribution in [3.8, 4) is 5.75 Å². The van der Waals surface area contributed by atoms with E-state index < -0.39 is 30.0 Å². The van der Waals surface area contributed by atoms with Crippen molar-refractivity contribution >= 4 is 22.8 Å². The molecule has 1 aromatic heterocycles. The molecule has 140 valence electrons. The molecular formula is C16H15F3N2O5. The average Bonchev–Trinajstić information content (AvgIpc) is 2.96. The zero-order valence-electron chi connectivity index (χ0n) is 13.4. The summed E-state index contributed by atoms with van der Waals surface area (Å²) in [7, 11) is 0. The number of hydrogen-bond acceptors (Lipinski definition) is 4. The van der Waals surface area contributed by atoms with Gasteiger partial charge in [0.2, 0.25) is 0 Å². The van der Waals surface area contributed by atoms with Gasteiger partial charge in [0.05, 0.1) is 25.7 Å². The number of aliphatic carboxylic acids is 1. The van der Waals surface area contributed by atoms with Crippen LogP contribution in [0.3, 0.4) is 0 Å². The van der Waals surface area contributed by atoms with Crippen LogP contribution in [0.25, 0.3) is 10.9 Å². The molecule has 3 rings (SSSR count). The highest BCUT2D eigenvalue weighted by molar-refractivity contribution is 5.98. The lowest BCUT2D eigenvalue weighted by Crippen LogP contribution is -2.49. The number of H-pyrrole nitrogens is 1. The van der Waals surface area contributed by atoms with E-state index in [4.69, 9.17) is 9.84 Å². The Bertz CT molecular complexity index is 833. The number of amides is 1. The molecule has 0 radical (unpaired) electrons. The number of carboxylic acid groups (broad SMARTS) is 1. The molecule has 1 unspecified atom stereocenters. The minimum absolute atomic E-state index is 0.113. The van der Waals surface area contributed by atoms with Gasteiger partial charge < -0.3 is 24.5 Å². The van der Waals surface area contributed by atoms with E-state index in [0.29, 0.717) is 10.9 Å². The van der Waals surface area contributed by atoms with Gasteiger partial charge in [-0.05, 0) is 18.2 Å². The minimum Gasteiger partial charge on any atom is -0.481 e. The van der Waals surface area contributed by atoms with Crippen LogP contribution in [0.1, 0.15) is 16.9 Å². The number of aromatic amines is 1. The smallest absolute Gasteiger partial charge is 0.481 e. The summed E-state index contributed by atoms with van der Waals surface area (Å²) in [4.78, 5) is 27.8. The number of carbonyl (C=O) groups excluding carboxylic acids is 1. The molecule has 1 aliphatic heterocycles. The Balaban J connectivity index is 1.84. The van der Waals surface area contributed by atoms with Crippen molar-refractivity contribution in [3.05, 3.63) is 30.0 Å². The van der Waals surface area contributed by atoms with E-state index in [0.717, 1.165) is 12.1 Å². The van der Waals surface area contributed by atoms with E-state index in [9.17, 15) is 22.8 Å². The fourth-order valence-corrected chi connectivity index (χ4v) is 2.87. The molecule has 2 aromatic rings. The molecule has 1 aliphatic rings. The number of carbonyl (C=O) groups is 2. The van der Waals surface area contributed by atoms with E-state index in [1.165, 1.54) is 17.0 Å². The van der Waals surface area contributed by atoms with Gasteiger partial charge in [0.25, 0.3) is 5.91 Å². The molecule has 1 amide bonds. The third-order valence-corrected chi connectivity index (χ3v) is 3.96. The van der Waals surface area contributed by atoms with Crippen LogP contribution >= 0.6 is 0 Å². The van der Waals surface area contributed by atoms with Crippen molar-refractivity contribution in [1.82, 2.24) is 9.88 Å². The first-order valence-corrected chi connectivity index (χ1v) is 7.72. The Morgan fingerprint density at radius 3 is 2.81 bits per heavy atom. The number of nitrogens with one attached hydrogen (secondary N) is 1. The van der Waals surface area contributed by atoms with E-state index >= 15 is 0 Å². The van der Waals surface area contributed by atoms with Gasteiger partial charge in [-0.25, -0.2) is 0 Å². The number of ether oxygens (including phenoxy) is 2. The highest BCUT2D eigenvalue weighted by atomic mass is 19.4. The molecule has 10 heteroatoms. The van der Waals surface area contributed by atoms with Gasteiger partial charge in [0.15, 0.2) is 0 Å². The van der Waals surface area contributed by atoms with Gasteiger partial charge in [-0.1, -0.05) is 0 Å². The number of hydrogen-bond donors (Lipinski definition) is 2. The maximum atomic E-state index is 12.7. The Kier molecular flexibility index (Phi) is 4.77. The average molecular weight is 372 g/mol. The maximum absolute atomic E-state index is 12.7. The van der Waals surface area contributed by atoms with Crippen molar-refractivity contribution in [2.24, 2.45) is 0 Å². The highest BCUT2D eigenvalue weighted by Crippen LogP contribution is 2.27. The molecular weight excluding hydrogens is 357 g/mol. The van der Waals surface area contributed by atoms with Gasteiger partial charge in [-0.2, -0.15) is 0 Å². The fourth-order valence-electron chi connectivity index (χ4n) is 2.87. The summed E-state index contributed by atoms with van der Waals surface area (Å²) in [5.41, 5.74) is 0.458. The molecule has 1 atom stereocenters. The van der Waals surface area contributed by atoms with Crippen LogP contribution in [-0.2, 0) is 9.53 Å². The van der Waals surface area contributed by atoms with Crippen LogP contribution in [0.2, 0.25) is 0 Å². The first kappa shape index (κ1) is 18.1. The molecule has 1 saturated heterocycles. The maximum Gasteiger partial charge on any atom is 0.573 e. The van der Waals surface area contributed by atoms with Gasteiger partial charge >= 0.3 is 12.3 Å². The third kappa shape index (κ3) is 4.07. The monoisotopic (exact) mass is 372 g/mol. The summed E-state index contributed by atoms with van der Waals surface area (Å²) in [5.74, 6) is -1.89. The second-order valence-electron chi connectivity index (χ2n) is 5.81. The minimum atomic E-state index is -4.81. The number of morpholine rings is 1. The summed E-state index contributed by atoms with van der Waals surface area (Å²) in [6.07, 6.45) is -5.06. The predicted octanol–water partition coefficient (Wildman–Crippen LogP) is 2.38. The Hall–Kier alpha value is -2.75. The molecule has 0 aliphatic carbocycles. The van der Waals surface area contributed by atoms with Crippen LogP contribution in [0, 0.1) is 0 Å². The zero-order valence-corrected chi connectivity index (χ0v) is 13.4. The number of rotatable bonds is 4. The van der Waals surface area contributed by atoms with Gasteiger partial charge in [0, 0.05) is 23.5 Å². The van der Waals surface area contributed by atoms with Crippen molar-refractivity contribution in [2.45, 2.75) is 18.8 Å². The molecule has 2 N–H and O–H groups in total. The third-order valence-electron chi connectivity index (χ3n) is 3.96. The first-order chi connectivity index (χ1) is 12.2. The standard InChI is InChI=1S/C16H15F3N2O5/c17-16(18,19)26-11-2-1-9-5-13(20-12(9)7-11)15(24)21-3-4-25-8-10(21)6-14(22)23/h1-2,5,7,10,20H,3-4,6,8H2,(H,22,23). The lowest BCUT2D eigenvalue weighted by molar-refractivity contribution is -0.274. The molecule has 0 saturated carbocycles. The number of aromatic nitrogens is 1. The lowest BCUT2D eigenvalue weighted by Gasteiger charge is -2.34.